The Hall–Kier alpha value is -3.19. The van der Waals surface area contributed by atoms with Gasteiger partial charge in [0.25, 0.3) is 0 Å². The Morgan fingerprint density at radius 2 is 2.00 bits per heavy atom. The highest BCUT2D eigenvalue weighted by Crippen LogP contribution is 2.40. The Labute approximate surface area is 174 Å². The summed E-state index contributed by atoms with van der Waals surface area (Å²) in [7, 11) is 1.37. The maximum atomic E-state index is 12.1. The number of nitrogens with one attached hydrogen (secondary N) is 1. The molecule has 1 saturated heterocycles. The molecule has 0 unspecified atom stereocenters. The summed E-state index contributed by atoms with van der Waals surface area (Å²) in [4.78, 5) is 18.7. The molecule has 6 nitrogen and oxygen atoms in total. The molecule has 148 valence electrons. The van der Waals surface area contributed by atoms with Crippen molar-refractivity contribution in [2.45, 2.75) is 19.0 Å². The number of carbonyl (C=O) groups excluding carboxylic acids is 1. The second kappa shape index (κ2) is 8.05. The van der Waals surface area contributed by atoms with Crippen molar-refractivity contribution in [2.24, 2.45) is 0 Å². The molecule has 1 N–H and O–H groups in total. The number of likely N-dealkylation sites (N-methyl/N-ethyl adjacent to an activating group) is 1. The van der Waals surface area contributed by atoms with Crippen LogP contribution in [0.1, 0.15) is 40.8 Å². The summed E-state index contributed by atoms with van der Waals surface area (Å²) >= 11 is 5.55. The Balaban J connectivity index is 1.74. The van der Waals surface area contributed by atoms with Gasteiger partial charge >= 0.3 is 5.97 Å². The van der Waals surface area contributed by atoms with Gasteiger partial charge in [0.15, 0.2) is 5.11 Å². The van der Waals surface area contributed by atoms with Crippen LogP contribution < -0.4 is 5.32 Å². The van der Waals surface area contributed by atoms with Crippen LogP contribution in [-0.2, 0) is 4.74 Å². The molecule has 3 heterocycles. The predicted molar refractivity (Wildman–Crippen MR) is 113 cm³/mol. The molecule has 0 radical (unpaired) electrons. The number of ether oxygens (including phenoxy) is 1. The van der Waals surface area contributed by atoms with Crippen LogP contribution in [0.4, 0.5) is 0 Å². The van der Waals surface area contributed by atoms with Gasteiger partial charge in [0.05, 0.1) is 24.4 Å². The van der Waals surface area contributed by atoms with E-state index in [0.717, 1.165) is 18.0 Å². The lowest BCUT2D eigenvalue weighted by Gasteiger charge is -2.24. The first-order valence-corrected chi connectivity index (χ1v) is 9.80. The van der Waals surface area contributed by atoms with Crippen LogP contribution in [0.2, 0.25) is 0 Å². The van der Waals surface area contributed by atoms with Crippen molar-refractivity contribution in [1.29, 1.82) is 0 Å². The normalized spacial score (nSPS) is 18.6. The molecule has 0 bridgehead atoms. The quantitative estimate of drug-likeness (QED) is 0.504. The summed E-state index contributed by atoms with van der Waals surface area (Å²) in [5.41, 5.74) is 2.05. The number of nitrogens with zero attached hydrogens (tertiary/aromatic N) is 2. The van der Waals surface area contributed by atoms with Crippen molar-refractivity contribution in [3.8, 4) is 11.3 Å². The molecule has 3 aromatic rings. The first-order valence-electron chi connectivity index (χ1n) is 9.39. The number of furan rings is 1. The Kier molecular flexibility index (Phi) is 5.31. The monoisotopic (exact) mass is 407 g/mol. The molecule has 1 fully saturated rings. The van der Waals surface area contributed by atoms with Gasteiger partial charge in [0.1, 0.15) is 17.6 Å². The van der Waals surface area contributed by atoms with Gasteiger partial charge in [-0.05, 0) is 49.5 Å². The fourth-order valence-electron chi connectivity index (χ4n) is 3.70. The number of aromatic nitrogens is 1. The highest BCUT2D eigenvalue weighted by atomic mass is 32.1. The Morgan fingerprint density at radius 3 is 2.72 bits per heavy atom. The van der Waals surface area contributed by atoms with Gasteiger partial charge in [-0.25, -0.2) is 4.79 Å². The summed E-state index contributed by atoms with van der Waals surface area (Å²) in [6.45, 7) is 2.78. The zero-order valence-electron chi connectivity index (χ0n) is 16.2. The van der Waals surface area contributed by atoms with E-state index in [1.807, 2.05) is 42.5 Å². The number of esters is 1. The van der Waals surface area contributed by atoms with E-state index in [0.29, 0.717) is 22.0 Å². The second-order valence-electron chi connectivity index (χ2n) is 6.65. The van der Waals surface area contributed by atoms with Gasteiger partial charge in [-0.1, -0.05) is 24.3 Å². The fraction of sp³-hybridized carbons (Fsp3) is 0.227. The van der Waals surface area contributed by atoms with E-state index in [1.165, 1.54) is 7.11 Å². The predicted octanol–water partition coefficient (Wildman–Crippen LogP) is 4.12. The zero-order valence-corrected chi connectivity index (χ0v) is 17.0. The second-order valence-corrected chi connectivity index (χ2v) is 7.04. The van der Waals surface area contributed by atoms with Gasteiger partial charge in [0.2, 0.25) is 0 Å². The van der Waals surface area contributed by atoms with Crippen molar-refractivity contribution >= 4 is 23.3 Å². The van der Waals surface area contributed by atoms with Crippen LogP contribution >= 0.6 is 12.2 Å². The van der Waals surface area contributed by atoms with E-state index < -0.39 is 5.97 Å². The van der Waals surface area contributed by atoms with E-state index in [1.54, 1.807) is 18.3 Å². The average molecular weight is 407 g/mol. The van der Waals surface area contributed by atoms with Crippen LogP contribution in [0.5, 0.6) is 0 Å². The number of thiocarbonyl (C=S) groups is 1. The van der Waals surface area contributed by atoms with Crippen LogP contribution in [0.3, 0.4) is 0 Å². The van der Waals surface area contributed by atoms with Crippen LogP contribution in [0.25, 0.3) is 11.3 Å². The lowest BCUT2D eigenvalue weighted by molar-refractivity contribution is 0.0601. The van der Waals surface area contributed by atoms with Gasteiger partial charge < -0.3 is 19.4 Å². The summed E-state index contributed by atoms with van der Waals surface area (Å²) < 4.78 is 11.1. The molecule has 2 atom stereocenters. The largest absolute Gasteiger partial charge is 0.465 e. The average Bonchev–Trinajstić information content (AvgIpc) is 3.38. The van der Waals surface area contributed by atoms with Gasteiger partial charge in [-0.3, -0.25) is 4.98 Å². The third kappa shape index (κ3) is 3.49. The fourth-order valence-corrected chi connectivity index (χ4v) is 4.07. The lowest BCUT2D eigenvalue weighted by Crippen LogP contribution is -2.29. The highest BCUT2D eigenvalue weighted by Gasteiger charge is 2.41. The summed E-state index contributed by atoms with van der Waals surface area (Å²) in [5.74, 6) is 0.961. The van der Waals surface area contributed by atoms with Crippen LogP contribution in [0.15, 0.2) is 65.2 Å². The summed E-state index contributed by atoms with van der Waals surface area (Å²) in [6.07, 6.45) is 1.77. The van der Waals surface area contributed by atoms with E-state index >= 15 is 0 Å². The lowest BCUT2D eigenvalue weighted by atomic mass is 10.0. The maximum absolute atomic E-state index is 12.1. The molecule has 1 aliphatic rings. The minimum absolute atomic E-state index is 0.126. The molecule has 1 aromatic carbocycles. The molecular weight excluding hydrogens is 386 g/mol. The van der Waals surface area contributed by atoms with Gasteiger partial charge in [-0.15, -0.1) is 0 Å². The molecule has 1 aliphatic heterocycles. The SMILES string of the molecule is CCN1C(=S)N[C@H](c2ccccn2)[C@H]1c1ccc(-c2ccccc2C(=O)OC)o1. The number of rotatable bonds is 5. The van der Waals surface area contributed by atoms with Crippen molar-refractivity contribution in [2.75, 3.05) is 13.7 Å². The van der Waals surface area contributed by atoms with Gasteiger partial charge in [-0.2, -0.15) is 0 Å². The molecule has 0 aliphatic carbocycles. The first-order chi connectivity index (χ1) is 14.1. The number of hydrogen-bond acceptors (Lipinski definition) is 5. The van der Waals surface area contributed by atoms with Crippen LogP contribution in [0, 0.1) is 0 Å². The van der Waals surface area contributed by atoms with E-state index in [4.69, 9.17) is 21.4 Å². The smallest absolute Gasteiger partial charge is 0.338 e. The van der Waals surface area contributed by atoms with E-state index in [-0.39, 0.29) is 12.1 Å². The third-order valence-corrected chi connectivity index (χ3v) is 5.41. The molecular formula is C22H21N3O3S. The van der Waals surface area contributed by atoms with E-state index in [2.05, 4.69) is 22.1 Å². The van der Waals surface area contributed by atoms with E-state index in [9.17, 15) is 4.79 Å². The van der Waals surface area contributed by atoms with Crippen molar-refractivity contribution in [3.63, 3.8) is 0 Å². The topological polar surface area (TPSA) is 67.6 Å². The molecule has 0 spiro atoms. The standard InChI is InChI=1S/C22H21N3O3S/c1-3-25-20(19(24-22(25)29)16-10-6-7-13-23-16)18-12-11-17(28-18)14-8-4-5-9-15(14)21(26)27-2/h4-13,19-20H,3H2,1-2H3,(H,24,29)/t19-,20-/m1/s1. The number of hydrogen-bond donors (Lipinski definition) is 1. The molecule has 7 heteroatoms. The number of pyridine rings is 1. The zero-order chi connectivity index (χ0) is 20.4. The molecule has 0 amide bonds. The molecule has 0 saturated carbocycles. The van der Waals surface area contributed by atoms with Gasteiger partial charge in [0, 0.05) is 18.3 Å². The minimum Gasteiger partial charge on any atom is -0.465 e. The van der Waals surface area contributed by atoms with Crippen molar-refractivity contribution < 1.29 is 13.9 Å². The van der Waals surface area contributed by atoms with Crippen LogP contribution in [-0.4, -0.2) is 34.6 Å². The number of carbonyl (C=O) groups is 1. The Bertz CT molecular complexity index is 1030. The summed E-state index contributed by atoms with van der Waals surface area (Å²) in [6, 6.07) is 16.6. The summed E-state index contributed by atoms with van der Waals surface area (Å²) in [5, 5.41) is 4.04. The first kappa shape index (κ1) is 19.1. The Morgan fingerprint density at radius 1 is 1.21 bits per heavy atom. The molecule has 2 aromatic heterocycles. The van der Waals surface area contributed by atoms with Crippen molar-refractivity contribution in [3.05, 3.63) is 77.8 Å². The number of benzene rings is 1. The minimum atomic E-state index is -0.399. The maximum Gasteiger partial charge on any atom is 0.338 e. The van der Waals surface area contributed by atoms with Crippen molar-refractivity contribution in [1.82, 2.24) is 15.2 Å². The number of methoxy groups -OCH3 is 1. The molecule has 4 rings (SSSR count). The molecule has 29 heavy (non-hydrogen) atoms. The highest BCUT2D eigenvalue weighted by molar-refractivity contribution is 7.80. The third-order valence-electron chi connectivity index (χ3n) is 5.05.